The van der Waals surface area contributed by atoms with Crippen LogP contribution in [0.5, 0.6) is 0 Å². The fourth-order valence-corrected chi connectivity index (χ4v) is 2.29. The number of nitrogens with one attached hydrogen (secondary N) is 1. The number of benzene rings is 1. The van der Waals surface area contributed by atoms with Crippen LogP contribution in [-0.4, -0.2) is 23.8 Å². The van der Waals surface area contributed by atoms with Crippen LogP contribution >= 0.6 is 0 Å². The highest BCUT2D eigenvalue weighted by Gasteiger charge is 2.13. The standard InChI is InChI=1S/C14H20N2/c1-12-6-5-7-13(10-12)11-14(15)16-8-3-2-4-9-16/h5-7,10,15H,2-4,8-9,11H2,1H3. The highest BCUT2D eigenvalue weighted by atomic mass is 15.2. The molecule has 2 nitrogen and oxygen atoms in total. The molecule has 0 spiro atoms. The van der Waals surface area contributed by atoms with E-state index in [2.05, 4.69) is 36.1 Å². The zero-order valence-electron chi connectivity index (χ0n) is 10.00. The first-order valence-corrected chi connectivity index (χ1v) is 6.13. The van der Waals surface area contributed by atoms with Gasteiger partial charge in [0.15, 0.2) is 0 Å². The van der Waals surface area contributed by atoms with Crippen molar-refractivity contribution in [3.63, 3.8) is 0 Å². The SMILES string of the molecule is Cc1cccc(CC(=N)N2CCCCC2)c1. The van der Waals surface area contributed by atoms with Gasteiger partial charge in [0.25, 0.3) is 0 Å². The minimum Gasteiger partial charge on any atom is -0.360 e. The van der Waals surface area contributed by atoms with E-state index in [0.29, 0.717) is 0 Å². The summed E-state index contributed by atoms with van der Waals surface area (Å²) in [4.78, 5) is 2.23. The average Bonchev–Trinajstić information content (AvgIpc) is 2.30. The Hall–Kier alpha value is -1.31. The second-order valence-electron chi connectivity index (χ2n) is 4.66. The lowest BCUT2D eigenvalue weighted by Gasteiger charge is -2.29. The van der Waals surface area contributed by atoms with E-state index in [4.69, 9.17) is 5.41 Å². The van der Waals surface area contributed by atoms with Crippen LogP contribution in [0.3, 0.4) is 0 Å². The minimum atomic E-state index is 0.779. The van der Waals surface area contributed by atoms with Crippen molar-refractivity contribution >= 4 is 5.84 Å². The van der Waals surface area contributed by atoms with Crippen molar-refractivity contribution in [2.75, 3.05) is 13.1 Å². The maximum Gasteiger partial charge on any atom is 0.100 e. The molecular weight excluding hydrogens is 196 g/mol. The number of likely N-dealkylation sites (tertiary alicyclic amines) is 1. The van der Waals surface area contributed by atoms with Crippen LogP contribution in [0.15, 0.2) is 24.3 Å². The molecule has 0 aromatic heterocycles. The van der Waals surface area contributed by atoms with Crippen LogP contribution in [0, 0.1) is 12.3 Å². The lowest BCUT2D eigenvalue weighted by Crippen LogP contribution is -2.36. The Morgan fingerprint density at radius 2 is 2.00 bits per heavy atom. The summed E-state index contributed by atoms with van der Waals surface area (Å²) < 4.78 is 0. The summed E-state index contributed by atoms with van der Waals surface area (Å²) in [7, 11) is 0. The first kappa shape index (κ1) is 11.2. The quantitative estimate of drug-likeness (QED) is 0.597. The Balaban J connectivity index is 1.96. The first-order valence-electron chi connectivity index (χ1n) is 6.13. The van der Waals surface area contributed by atoms with Crippen molar-refractivity contribution in [2.24, 2.45) is 0 Å². The van der Waals surface area contributed by atoms with Gasteiger partial charge in [-0.15, -0.1) is 0 Å². The second-order valence-corrected chi connectivity index (χ2v) is 4.66. The van der Waals surface area contributed by atoms with Crippen molar-refractivity contribution in [3.8, 4) is 0 Å². The van der Waals surface area contributed by atoms with Crippen molar-refractivity contribution in [3.05, 3.63) is 35.4 Å². The smallest absolute Gasteiger partial charge is 0.100 e. The molecule has 1 aromatic carbocycles. The summed E-state index contributed by atoms with van der Waals surface area (Å²) in [6, 6.07) is 8.48. The molecular formula is C14H20N2. The van der Waals surface area contributed by atoms with E-state index in [-0.39, 0.29) is 0 Å². The van der Waals surface area contributed by atoms with Gasteiger partial charge in [-0.3, -0.25) is 5.41 Å². The third kappa shape index (κ3) is 2.84. The van der Waals surface area contributed by atoms with Crippen LogP contribution in [-0.2, 0) is 6.42 Å². The lowest BCUT2D eigenvalue weighted by molar-refractivity contribution is 0.336. The molecule has 2 rings (SSSR count). The molecule has 0 unspecified atom stereocenters. The number of hydrogen-bond donors (Lipinski definition) is 1. The monoisotopic (exact) mass is 216 g/mol. The van der Waals surface area contributed by atoms with E-state index in [9.17, 15) is 0 Å². The van der Waals surface area contributed by atoms with Gasteiger partial charge in [0.05, 0.1) is 0 Å². The molecule has 1 aromatic rings. The predicted molar refractivity (Wildman–Crippen MR) is 68.0 cm³/mol. The van der Waals surface area contributed by atoms with Gasteiger partial charge in [-0.1, -0.05) is 29.8 Å². The summed E-state index contributed by atoms with van der Waals surface area (Å²) >= 11 is 0. The third-order valence-electron chi connectivity index (χ3n) is 3.19. The topological polar surface area (TPSA) is 27.1 Å². The second kappa shape index (κ2) is 5.15. The van der Waals surface area contributed by atoms with Gasteiger partial charge in [0.2, 0.25) is 0 Å². The molecule has 1 N–H and O–H groups in total. The van der Waals surface area contributed by atoms with Crippen LogP contribution < -0.4 is 0 Å². The molecule has 0 saturated carbocycles. The van der Waals surface area contributed by atoms with Crippen LogP contribution in [0.25, 0.3) is 0 Å². The van der Waals surface area contributed by atoms with E-state index in [1.54, 1.807) is 0 Å². The molecule has 0 atom stereocenters. The normalized spacial score (nSPS) is 16.2. The molecule has 16 heavy (non-hydrogen) atoms. The number of piperidine rings is 1. The van der Waals surface area contributed by atoms with Crippen LogP contribution in [0.2, 0.25) is 0 Å². The Kier molecular flexibility index (Phi) is 3.60. The summed E-state index contributed by atoms with van der Waals surface area (Å²) in [5.74, 6) is 0.783. The maximum atomic E-state index is 8.12. The fraction of sp³-hybridized carbons (Fsp3) is 0.500. The summed E-state index contributed by atoms with van der Waals surface area (Å²) in [5, 5.41) is 8.12. The maximum absolute atomic E-state index is 8.12. The van der Waals surface area contributed by atoms with Crippen molar-refractivity contribution in [1.82, 2.24) is 4.90 Å². The summed E-state index contributed by atoms with van der Waals surface area (Å²) in [6.07, 6.45) is 4.60. The fourth-order valence-electron chi connectivity index (χ4n) is 2.29. The number of amidine groups is 1. The van der Waals surface area contributed by atoms with Crippen molar-refractivity contribution in [1.29, 1.82) is 5.41 Å². The highest BCUT2D eigenvalue weighted by Crippen LogP contribution is 2.12. The molecule has 0 bridgehead atoms. The zero-order valence-corrected chi connectivity index (χ0v) is 10.00. The molecule has 2 heteroatoms. The molecule has 0 amide bonds. The Bertz CT molecular complexity index is 365. The van der Waals surface area contributed by atoms with Gasteiger partial charge in [0.1, 0.15) is 5.84 Å². The predicted octanol–water partition coefficient (Wildman–Crippen LogP) is 3.00. The van der Waals surface area contributed by atoms with Crippen LogP contribution in [0.4, 0.5) is 0 Å². The molecule has 0 aliphatic carbocycles. The van der Waals surface area contributed by atoms with Gasteiger partial charge in [-0.2, -0.15) is 0 Å². The molecule has 1 aliphatic rings. The molecule has 1 fully saturated rings. The van der Waals surface area contributed by atoms with Gasteiger partial charge in [0, 0.05) is 19.5 Å². The third-order valence-corrected chi connectivity index (χ3v) is 3.19. The van der Waals surface area contributed by atoms with Gasteiger partial charge in [-0.25, -0.2) is 0 Å². The van der Waals surface area contributed by atoms with Gasteiger partial charge >= 0.3 is 0 Å². The van der Waals surface area contributed by atoms with E-state index in [1.165, 1.54) is 30.4 Å². The largest absolute Gasteiger partial charge is 0.360 e. The summed E-state index contributed by atoms with van der Waals surface area (Å²) in [6.45, 7) is 4.25. The van der Waals surface area contributed by atoms with Crippen LogP contribution in [0.1, 0.15) is 30.4 Å². The molecule has 1 heterocycles. The number of nitrogens with zero attached hydrogens (tertiary/aromatic N) is 1. The molecule has 86 valence electrons. The van der Waals surface area contributed by atoms with E-state index in [0.717, 1.165) is 25.3 Å². The average molecular weight is 216 g/mol. The van der Waals surface area contributed by atoms with E-state index < -0.39 is 0 Å². The van der Waals surface area contributed by atoms with E-state index >= 15 is 0 Å². The molecule has 1 saturated heterocycles. The highest BCUT2D eigenvalue weighted by molar-refractivity contribution is 5.81. The molecule has 1 aliphatic heterocycles. The van der Waals surface area contributed by atoms with E-state index in [1.807, 2.05) is 0 Å². The first-order chi connectivity index (χ1) is 7.75. The number of rotatable bonds is 2. The number of hydrogen-bond acceptors (Lipinski definition) is 1. The van der Waals surface area contributed by atoms with Crippen molar-refractivity contribution in [2.45, 2.75) is 32.6 Å². The lowest BCUT2D eigenvalue weighted by atomic mass is 10.1. The van der Waals surface area contributed by atoms with Gasteiger partial charge < -0.3 is 4.90 Å². The minimum absolute atomic E-state index is 0.779. The number of aryl methyl sites for hydroxylation is 1. The zero-order chi connectivity index (χ0) is 11.4. The summed E-state index contributed by atoms with van der Waals surface area (Å²) in [5.41, 5.74) is 2.54. The van der Waals surface area contributed by atoms with Crippen molar-refractivity contribution < 1.29 is 0 Å². The van der Waals surface area contributed by atoms with Gasteiger partial charge in [-0.05, 0) is 31.7 Å². The Morgan fingerprint density at radius 3 is 2.69 bits per heavy atom. The Morgan fingerprint density at radius 1 is 1.25 bits per heavy atom. The molecule has 0 radical (unpaired) electrons. The Labute approximate surface area is 97.8 Å².